The Balaban J connectivity index is 1.98. The topological polar surface area (TPSA) is 75.8 Å². The largest absolute Gasteiger partial charge is 0.480 e. The van der Waals surface area contributed by atoms with Crippen LogP contribution < -0.4 is 10.6 Å². The van der Waals surface area contributed by atoms with Gasteiger partial charge in [-0.1, -0.05) is 12.1 Å². The average Bonchev–Trinajstić information content (AvgIpc) is 2.40. The van der Waals surface area contributed by atoms with E-state index in [4.69, 9.17) is 15.6 Å². The van der Waals surface area contributed by atoms with Crippen molar-refractivity contribution in [2.75, 3.05) is 31.2 Å². The molecular weight excluding hydrogens is 232 g/mol. The molecule has 1 aromatic rings. The summed E-state index contributed by atoms with van der Waals surface area (Å²) < 4.78 is 5.30. The number of hydrogen-bond donors (Lipinski definition) is 2. The SMILES string of the molecule is N[C@@H](Cc1ccc(N2CCOCC2)cc1)C(=O)O. The van der Waals surface area contributed by atoms with Gasteiger partial charge in [0, 0.05) is 18.8 Å². The van der Waals surface area contributed by atoms with Crippen LogP contribution in [0, 0.1) is 0 Å². The molecule has 0 amide bonds. The summed E-state index contributed by atoms with van der Waals surface area (Å²) in [7, 11) is 0. The van der Waals surface area contributed by atoms with Crippen LogP contribution in [0.5, 0.6) is 0 Å². The molecule has 1 aliphatic rings. The van der Waals surface area contributed by atoms with Crippen molar-refractivity contribution in [1.29, 1.82) is 0 Å². The normalized spacial score (nSPS) is 17.5. The van der Waals surface area contributed by atoms with Gasteiger partial charge in [0.05, 0.1) is 13.2 Å². The summed E-state index contributed by atoms with van der Waals surface area (Å²) in [6.45, 7) is 3.30. The van der Waals surface area contributed by atoms with Crippen LogP contribution >= 0.6 is 0 Å². The lowest BCUT2D eigenvalue weighted by Crippen LogP contribution is -2.36. The van der Waals surface area contributed by atoms with E-state index in [-0.39, 0.29) is 0 Å². The molecule has 3 N–H and O–H groups in total. The van der Waals surface area contributed by atoms with E-state index >= 15 is 0 Å². The van der Waals surface area contributed by atoms with Gasteiger partial charge < -0.3 is 20.5 Å². The number of rotatable bonds is 4. The van der Waals surface area contributed by atoms with Crippen LogP contribution in [-0.2, 0) is 16.0 Å². The first kappa shape index (κ1) is 12.9. The zero-order valence-corrected chi connectivity index (χ0v) is 10.2. The van der Waals surface area contributed by atoms with E-state index in [1.807, 2.05) is 24.3 Å². The molecule has 0 unspecified atom stereocenters. The second-order valence-corrected chi connectivity index (χ2v) is 4.41. The van der Waals surface area contributed by atoms with Crippen molar-refractivity contribution in [3.05, 3.63) is 29.8 Å². The first-order chi connectivity index (χ1) is 8.66. The highest BCUT2D eigenvalue weighted by Crippen LogP contribution is 2.17. The van der Waals surface area contributed by atoms with Crippen molar-refractivity contribution >= 4 is 11.7 Å². The summed E-state index contributed by atoms with van der Waals surface area (Å²) in [5.74, 6) is -0.966. The van der Waals surface area contributed by atoms with Crippen molar-refractivity contribution in [2.24, 2.45) is 5.73 Å². The second kappa shape index (κ2) is 5.84. The lowest BCUT2D eigenvalue weighted by molar-refractivity contribution is -0.138. The van der Waals surface area contributed by atoms with Crippen molar-refractivity contribution in [3.8, 4) is 0 Å². The highest BCUT2D eigenvalue weighted by Gasteiger charge is 2.13. The molecule has 0 bridgehead atoms. The number of carboxylic acid groups (broad SMARTS) is 1. The predicted molar refractivity (Wildman–Crippen MR) is 68.8 cm³/mol. The van der Waals surface area contributed by atoms with E-state index in [2.05, 4.69) is 4.90 Å². The lowest BCUT2D eigenvalue weighted by Gasteiger charge is -2.29. The maximum absolute atomic E-state index is 10.7. The summed E-state index contributed by atoms with van der Waals surface area (Å²) in [6.07, 6.45) is 0.360. The molecule has 0 saturated carbocycles. The number of hydrogen-bond acceptors (Lipinski definition) is 4. The Morgan fingerprint density at radius 3 is 2.50 bits per heavy atom. The summed E-state index contributed by atoms with van der Waals surface area (Å²) in [4.78, 5) is 12.9. The predicted octanol–water partition coefficient (Wildman–Crippen LogP) is 0.478. The van der Waals surface area contributed by atoms with Crippen LogP contribution in [0.25, 0.3) is 0 Å². The molecule has 98 valence electrons. The minimum atomic E-state index is -0.966. The van der Waals surface area contributed by atoms with Crippen LogP contribution in [0.1, 0.15) is 5.56 Å². The Morgan fingerprint density at radius 2 is 1.94 bits per heavy atom. The Hall–Kier alpha value is -1.59. The van der Waals surface area contributed by atoms with Gasteiger partial charge in [-0.05, 0) is 24.1 Å². The van der Waals surface area contributed by atoms with Gasteiger partial charge in [-0.3, -0.25) is 4.79 Å². The second-order valence-electron chi connectivity index (χ2n) is 4.41. The minimum Gasteiger partial charge on any atom is -0.480 e. The van der Waals surface area contributed by atoms with E-state index in [1.54, 1.807) is 0 Å². The molecular formula is C13H18N2O3. The first-order valence-electron chi connectivity index (χ1n) is 6.07. The molecule has 18 heavy (non-hydrogen) atoms. The van der Waals surface area contributed by atoms with Gasteiger partial charge in [0.1, 0.15) is 6.04 Å². The maximum atomic E-state index is 10.7. The highest BCUT2D eigenvalue weighted by atomic mass is 16.5. The molecule has 1 saturated heterocycles. The number of nitrogens with zero attached hydrogens (tertiary/aromatic N) is 1. The third-order valence-electron chi connectivity index (χ3n) is 3.09. The van der Waals surface area contributed by atoms with Crippen LogP contribution in [0.4, 0.5) is 5.69 Å². The van der Waals surface area contributed by atoms with E-state index < -0.39 is 12.0 Å². The number of aliphatic carboxylic acids is 1. The molecule has 1 aliphatic heterocycles. The summed E-state index contributed by atoms with van der Waals surface area (Å²) in [6, 6.07) is 7.06. The Labute approximate surface area is 106 Å². The van der Waals surface area contributed by atoms with Crippen molar-refractivity contribution in [3.63, 3.8) is 0 Å². The Bertz CT molecular complexity index is 399. The van der Waals surface area contributed by atoms with Gasteiger partial charge in [-0.15, -0.1) is 0 Å². The zero-order valence-electron chi connectivity index (χ0n) is 10.2. The molecule has 0 spiro atoms. The molecule has 0 radical (unpaired) electrons. The van der Waals surface area contributed by atoms with Crippen molar-refractivity contribution < 1.29 is 14.6 Å². The molecule has 5 nitrogen and oxygen atoms in total. The van der Waals surface area contributed by atoms with E-state index in [9.17, 15) is 4.79 Å². The van der Waals surface area contributed by atoms with E-state index in [0.29, 0.717) is 6.42 Å². The molecule has 1 fully saturated rings. The number of carboxylic acids is 1. The number of morpholine rings is 1. The van der Waals surface area contributed by atoms with Crippen LogP contribution in [0.15, 0.2) is 24.3 Å². The minimum absolute atomic E-state index is 0.360. The van der Waals surface area contributed by atoms with Gasteiger partial charge in [0.25, 0.3) is 0 Å². The van der Waals surface area contributed by atoms with Crippen LogP contribution in [0.3, 0.4) is 0 Å². The van der Waals surface area contributed by atoms with Crippen LogP contribution in [0.2, 0.25) is 0 Å². The van der Waals surface area contributed by atoms with Gasteiger partial charge in [-0.2, -0.15) is 0 Å². The van der Waals surface area contributed by atoms with E-state index in [0.717, 1.165) is 37.6 Å². The third kappa shape index (κ3) is 3.21. The first-order valence-corrected chi connectivity index (χ1v) is 6.07. The van der Waals surface area contributed by atoms with Crippen LogP contribution in [-0.4, -0.2) is 43.4 Å². The summed E-state index contributed by atoms with van der Waals surface area (Å²) in [5.41, 5.74) is 7.59. The molecule has 1 heterocycles. The van der Waals surface area contributed by atoms with Gasteiger partial charge in [-0.25, -0.2) is 0 Å². The molecule has 0 aromatic heterocycles. The fourth-order valence-corrected chi connectivity index (χ4v) is 2.01. The molecule has 5 heteroatoms. The standard InChI is InChI=1S/C13H18N2O3/c14-12(13(16)17)9-10-1-3-11(4-2-10)15-5-7-18-8-6-15/h1-4,12H,5-9,14H2,(H,16,17)/t12-/m0/s1. The number of nitrogens with two attached hydrogens (primary N) is 1. The Kier molecular flexibility index (Phi) is 4.17. The lowest BCUT2D eigenvalue weighted by atomic mass is 10.1. The smallest absolute Gasteiger partial charge is 0.320 e. The third-order valence-corrected chi connectivity index (χ3v) is 3.09. The van der Waals surface area contributed by atoms with Gasteiger partial charge >= 0.3 is 5.97 Å². The highest BCUT2D eigenvalue weighted by molar-refractivity contribution is 5.73. The number of carbonyl (C=O) groups is 1. The maximum Gasteiger partial charge on any atom is 0.320 e. The monoisotopic (exact) mass is 250 g/mol. The van der Waals surface area contributed by atoms with Gasteiger partial charge in [0.15, 0.2) is 0 Å². The van der Waals surface area contributed by atoms with E-state index in [1.165, 1.54) is 0 Å². The molecule has 0 aliphatic carbocycles. The number of ether oxygens (including phenoxy) is 1. The van der Waals surface area contributed by atoms with Crippen molar-refractivity contribution in [1.82, 2.24) is 0 Å². The number of anilines is 1. The summed E-state index contributed by atoms with van der Waals surface area (Å²) in [5, 5.41) is 8.75. The number of benzene rings is 1. The average molecular weight is 250 g/mol. The summed E-state index contributed by atoms with van der Waals surface area (Å²) >= 11 is 0. The van der Waals surface area contributed by atoms with Gasteiger partial charge in [0.2, 0.25) is 0 Å². The fraction of sp³-hybridized carbons (Fsp3) is 0.462. The zero-order chi connectivity index (χ0) is 13.0. The molecule has 1 aromatic carbocycles. The quantitative estimate of drug-likeness (QED) is 0.812. The molecule has 1 atom stereocenters. The fourth-order valence-electron chi connectivity index (χ4n) is 2.01. The molecule has 2 rings (SSSR count). The van der Waals surface area contributed by atoms with Crippen molar-refractivity contribution in [2.45, 2.75) is 12.5 Å². The Morgan fingerprint density at radius 1 is 1.33 bits per heavy atom.